The third kappa shape index (κ3) is 5.90. The maximum absolute atomic E-state index is 8.82. The molecule has 2 nitrogen and oxygen atoms in total. The Morgan fingerprint density at radius 1 is 1.36 bits per heavy atom. The summed E-state index contributed by atoms with van der Waals surface area (Å²) in [6, 6.07) is 0. The van der Waals surface area contributed by atoms with Crippen molar-refractivity contribution in [3.05, 3.63) is 0 Å². The molecule has 0 unspecified atom stereocenters. The Hall–Kier alpha value is -0.520. The third-order valence-corrected chi connectivity index (χ3v) is 1.51. The highest BCUT2D eigenvalue weighted by atomic mass is 16.3. The van der Waals surface area contributed by atoms with Crippen LogP contribution in [0.25, 0.3) is 0 Å². The summed E-state index contributed by atoms with van der Waals surface area (Å²) < 4.78 is 0. The molecule has 0 aliphatic rings. The highest BCUT2D eigenvalue weighted by molar-refractivity contribution is 5.04. The van der Waals surface area contributed by atoms with E-state index >= 15 is 0 Å². The predicted molar refractivity (Wildman–Crippen MR) is 47.2 cm³/mol. The van der Waals surface area contributed by atoms with Crippen molar-refractivity contribution in [1.29, 1.82) is 0 Å². The minimum atomic E-state index is -0.495. The van der Waals surface area contributed by atoms with E-state index in [1.54, 1.807) is 6.92 Å². The molecule has 0 aromatic rings. The van der Waals surface area contributed by atoms with E-state index < -0.39 is 6.10 Å². The standard InChI is InChI=1S/C9H17NO/c1-4-10(5-2)8-6-7-9(3)11/h9,11H,4-5,8H2,1-3H3/t9-/m1/s1. The van der Waals surface area contributed by atoms with E-state index in [1.165, 1.54) is 0 Å². The fraction of sp³-hybridized carbons (Fsp3) is 0.778. The highest BCUT2D eigenvalue weighted by Crippen LogP contribution is 1.83. The minimum absolute atomic E-state index is 0.495. The van der Waals surface area contributed by atoms with Crippen LogP contribution >= 0.6 is 0 Å². The van der Waals surface area contributed by atoms with Gasteiger partial charge in [-0.05, 0) is 20.0 Å². The van der Waals surface area contributed by atoms with Gasteiger partial charge in [0.1, 0.15) is 6.10 Å². The van der Waals surface area contributed by atoms with E-state index in [2.05, 4.69) is 30.6 Å². The van der Waals surface area contributed by atoms with Crippen LogP contribution in [0, 0.1) is 11.8 Å². The largest absolute Gasteiger partial charge is 0.381 e. The van der Waals surface area contributed by atoms with Gasteiger partial charge in [0, 0.05) is 0 Å². The topological polar surface area (TPSA) is 23.5 Å². The number of aliphatic hydroxyl groups is 1. The summed E-state index contributed by atoms with van der Waals surface area (Å²) in [4.78, 5) is 2.20. The van der Waals surface area contributed by atoms with E-state index in [0.29, 0.717) is 0 Å². The van der Waals surface area contributed by atoms with Crippen molar-refractivity contribution in [2.24, 2.45) is 0 Å². The van der Waals surface area contributed by atoms with E-state index in [4.69, 9.17) is 5.11 Å². The summed E-state index contributed by atoms with van der Waals surface area (Å²) in [6.45, 7) is 8.68. The molecule has 0 aliphatic carbocycles. The second-order valence-corrected chi connectivity index (χ2v) is 2.46. The Morgan fingerprint density at radius 2 is 1.91 bits per heavy atom. The molecule has 1 N–H and O–H groups in total. The van der Waals surface area contributed by atoms with Crippen molar-refractivity contribution in [3.8, 4) is 11.8 Å². The lowest BCUT2D eigenvalue weighted by Gasteiger charge is -2.13. The molecule has 11 heavy (non-hydrogen) atoms. The monoisotopic (exact) mass is 155 g/mol. The second-order valence-electron chi connectivity index (χ2n) is 2.46. The van der Waals surface area contributed by atoms with Gasteiger partial charge in [-0.1, -0.05) is 25.7 Å². The van der Waals surface area contributed by atoms with Crippen molar-refractivity contribution >= 4 is 0 Å². The maximum atomic E-state index is 8.82. The highest BCUT2D eigenvalue weighted by Gasteiger charge is 1.93. The molecule has 2 heteroatoms. The number of hydrogen-bond donors (Lipinski definition) is 1. The minimum Gasteiger partial charge on any atom is -0.381 e. The van der Waals surface area contributed by atoms with Crippen molar-refractivity contribution in [2.75, 3.05) is 19.6 Å². The average molecular weight is 155 g/mol. The van der Waals surface area contributed by atoms with Gasteiger partial charge in [-0.25, -0.2) is 0 Å². The first kappa shape index (κ1) is 10.5. The molecule has 1 atom stereocenters. The van der Waals surface area contributed by atoms with Gasteiger partial charge in [0.2, 0.25) is 0 Å². The Labute approximate surface area is 69.2 Å². The molecule has 0 aliphatic heterocycles. The summed E-state index contributed by atoms with van der Waals surface area (Å²) in [5.41, 5.74) is 0. The van der Waals surface area contributed by atoms with Gasteiger partial charge in [0.25, 0.3) is 0 Å². The predicted octanol–water partition coefficient (Wildman–Crippen LogP) is 0.712. The van der Waals surface area contributed by atoms with Crippen molar-refractivity contribution in [2.45, 2.75) is 26.9 Å². The summed E-state index contributed by atoms with van der Waals surface area (Å²) in [7, 11) is 0. The lowest BCUT2D eigenvalue weighted by molar-refractivity contribution is 0.253. The molecule has 0 spiro atoms. The first-order chi connectivity index (χ1) is 5.20. The zero-order valence-electron chi connectivity index (χ0n) is 7.59. The lowest BCUT2D eigenvalue weighted by atomic mass is 10.4. The summed E-state index contributed by atoms with van der Waals surface area (Å²) in [6.07, 6.45) is -0.495. The Balaban J connectivity index is 3.60. The SMILES string of the molecule is CCN(CC)CC#C[C@@H](C)O. The van der Waals surface area contributed by atoms with Gasteiger partial charge >= 0.3 is 0 Å². The smallest absolute Gasteiger partial charge is 0.112 e. The molecule has 0 amide bonds. The van der Waals surface area contributed by atoms with Gasteiger partial charge in [-0.3, -0.25) is 4.90 Å². The van der Waals surface area contributed by atoms with Gasteiger partial charge in [0.15, 0.2) is 0 Å². The van der Waals surface area contributed by atoms with Crippen LogP contribution in [0.4, 0.5) is 0 Å². The summed E-state index contributed by atoms with van der Waals surface area (Å²) in [5, 5.41) is 8.82. The molecule has 64 valence electrons. The number of aliphatic hydroxyl groups excluding tert-OH is 1. The zero-order chi connectivity index (χ0) is 8.69. The van der Waals surface area contributed by atoms with E-state index in [1.807, 2.05) is 0 Å². The van der Waals surface area contributed by atoms with Crippen molar-refractivity contribution in [1.82, 2.24) is 4.90 Å². The van der Waals surface area contributed by atoms with E-state index in [9.17, 15) is 0 Å². The van der Waals surface area contributed by atoms with Gasteiger partial charge in [-0.2, -0.15) is 0 Å². The molecular weight excluding hydrogens is 138 g/mol. The molecule has 0 aromatic heterocycles. The fourth-order valence-electron chi connectivity index (χ4n) is 0.752. The van der Waals surface area contributed by atoms with Crippen LogP contribution in [0.5, 0.6) is 0 Å². The van der Waals surface area contributed by atoms with Crippen LogP contribution in [0.3, 0.4) is 0 Å². The molecule has 0 bridgehead atoms. The quantitative estimate of drug-likeness (QED) is 0.607. The normalized spacial score (nSPS) is 12.5. The van der Waals surface area contributed by atoms with Gasteiger partial charge in [-0.15, -0.1) is 0 Å². The van der Waals surface area contributed by atoms with Gasteiger partial charge in [0.05, 0.1) is 6.54 Å². The molecular formula is C9H17NO. The molecule has 0 fully saturated rings. The third-order valence-electron chi connectivity index (χ3n) is 1.51. The summed E-state index contributed by atoms with van der Waals surface area (Å²) in [5.74, 6) is 5.62. The number of hydrogen-bond acceptors (Lipinski definition) is 2. The first-order valence-electron chi connectivity index (χ1n) is 4.09. The molecule has 0 aromatic carbocycles. The Morgan fingerprint density at radius 3 is 2.27 bits per heavy atom. The van der Waals surface area contributed by atoms with Crippen molar-refractivity contribution in [3.63, 3.8) is 0 Å². The van der Waals surface area contributed by atoms with Crippen LogP contribution in [-0.2, 0) is 0 Å². The van der Waals surface area contributed by atoms with Crippen LogP contribution in [0.1, 0.15) is 20.8 Å². The van der Waals surface area contributed by atoms with Crippen LogP contribution in [0.2, 0.25) is 0 Å². The number of rotatable bonds is 3. The molecule has 0 radical (unpaired) electrons. The molecule has 0 saturated heterocycles. The molecule has 0 heterocycles. The fourth-order valence-corrected chi connectivity index (χ4v) is 0.752. The van der Waals surface area contributed by atoms with Crippen molar-refractivity contribution < 1.29 is 5.11 Å². The number of nitrogens with zero attached hydrogens (tertiary/aromatic N) is 1. The molecule has 0 rings (SSSR count). The second kappa shape index (κ2) is 6.21. The van der Waals surface area contributed by atoms with Crippen LogP contribution < -0.4 is 0 Å². The van der Waals surface area contributed by atoms with E-state index in [-0.39, 0.29) is 0 Å². The lowest BCUT2D eigenvalue weighted by Crippen LogP contribution is -2.23. The van der Waals surface area contributed by atoms with Gasteiger partial charge < -0.3 is 5.11 Å². The summed E-state index contributed by atoms with van der Waals surface area (Å²) >= 11 is 0. The van der Waals surface area contributed by atoms with Crippen LogP contribution in [0.15, 0.2) is 0 Å². The first-order valence-corrected chi connectivity index (χ1v) is 4.09. The van der Waals surface area contributed by atoms with Crippen LogP contribution in [-0.4, -0.2) is 35.7 Å². The molecule has 0 saturated carbocycles. The average Bonchev–Trinajstić information content (AvgIpc) is 1.98. The maximum Gasteiger partial charge on any atom is 0.112 e. The van der Waals surface area contributed by atoms with E-state index in [0.717, 1.165) is 19.6 Å². The zero-order valence-corrected chi connectivity index (χ0v) is 7.59. The Kier molecular flexibility index (Phi) is 5.91. The Bertz CT molecular complexity index is 139.